The fourth-order valence-electron chi connectivity index (χ4n) is 1.32. The molecule has 1 aliphatic carbocycles. The Morgan fingerprint density at radius 3 is 2.69 bits per heavy atom. The maximum atomic E-state index is 11.3. The molecule has 0 aromatic rings. The summed E-state index contributed by atoms with van der Waals surface area (Å²) in [6.45, 7) is 1.33. The topological polar surface area (TPSA) is 47.6 Å². The van der Waals surface area contributed by atoms with Crippen molar-refractivity contribution in [3.05, 3.63) is 0 Å². The molecule has 0 aromatic heterocycles. The molecule has 1 aliphatic rings. The molecule has 1 atom stereocenters. The van der Waals surface area contributed by atoms with Crippen LogP contribution < -0.4 is 5.32 Å². The van der Waals surface area contributed by atoms with Gasteiger partial charge in [0.15, 0.2) is 0 Å². The molecule has 1 unspecified atom stereocenters. The van der Waals surface area contributed by atoms with Crippen molar-refractivity contribution in [3.8, 4) is 0 Å². The standard InChI is InChI=1S/C9H17NO3/c1-12-6-5-10-8(7-3-4-7)9(11)13-2/h7-8,10H,3-6H2,1-2H3. The number of hydrogen-bond donors (Lipinski definition) is 1. The molecule has 0 radical (unpaired) electrons. The molecule has 1 N–H and O–H groups in total. The number of methoxy groups -OCH3 is 2. The summed E-state index contributed by atoms with van der Waals surface area (Å²) in [7, 11) is 3.07. The Balaban J connectivity index is 2.25. The summed E-state index contributed by atoms with van der Waals surface area (Å²) in [6, 6.07) is -0.125. The van der Waals surface area contributed by atoms with Gasteiger partial charge in [0.2, 0.25) is 0 Å². The minimum Gasteiger partial charge on any atom is -0.468 e. The number of esters is 1. The second-order valence-corrected chi connectivity index (χ2v) is 3.29. The van der Waals surface area contributed by atoms with Crippen LogP contribution in [0.3, 0.4) is 0 Å². The van der Waals surface area contributed by atoms with E-state index < -0.39 is 0 Å². The van der Waals surface area contributed by atoms with Crippen LogP contribution in [0.5, 0.6) is 0 Å². The number of carbonyl (C=O) groups excluding carboxylic acids is 1. The van der Waals surface area contributed by atoms with Crippen LogP contribution in [-0.4, -0.2) is 39.4 Å². The van der Waals surface area contributed by atoms with E-state index >= 15 is 0 Å². The van der Waals surface area contributed by atoms with Crippen molar-refractivity contribution in [2.45, 2.75) is 18.9 Å². The first-order chi connectivity index (χ1) is 6.29. The van der Waals surface area contributed by atoms with Crippen LogP contribution in [0.4, 0.5) is 0 Å². The fraction of sp³-hybridized carbons (Fsp3) is 0.889. The molecule has 0 saturated heterocycles. The second-order valence-electron chi connectivity index (χ2n) is 3.29. The lowest BCUT2D eigenvalue weighted by Gasteiger charge is -2.14. The molecule has 4 heteroatoms. The van der Waals surface area contributed by atoms with Crippen LogP contribution in [0.15, 0.2) is 0 Å². The predicted octanol–water partition coefficient (Wildman–Crippen LogP) is 0.174. The highest BCUT2D eigenvalue weighted by Gasteiger charge is 2.36. The Hall–Kier alpha value is -0.610. The lowest BCUT2D eigenvalue weighted by Crippen LogP contribution is -2.41. The maximum Gasteiger partial charge on any atom is 0.323 e. The van der Waals surface area contributed by atoms with Gasteiger partial charge in [-0.1, -0.05) is 0 Å². The first-order valence-corrected chi connectivity index (χ1v) is 4.59. The Labute approximate surface area is 78.6 Å². The van der Waals surface area contributed by atoms with E-state index in [0.717, 1.165) is 12.8 Å². The zero-order chi connectivity index (χ0) is 9.68. The molecule has 1 fully saturated rings. The average molecular weight is 187 g/mol. The van der Waals surface area contributed by atoms with Crippen LogP contribution in [0, 0.1) is 5.92 Å². The Kier molecular flexibility index (Phi) is 4.18. The predicted molar refractivity (Wildman–Crippen MR) is 48.4 cm³/mol. The van der Waals surface area contributed by atoms with E-state index in [0.29, 0.717) is 19.1 Å². The van der Waals surface area contributed by atoms with Crippen molar-refractivity contribution in [2.24, 2.45) is 5.92 Å². The van der Waals surface area contributed by atoms with Gasteiger partial charge in [0, 0.05) is 13.7 Å². The van der Waals surface area contributed by atoms with Crippen LogP contribution in [-0.2, 0) is 14.3 Å². The van der Waals surface area contributed by atoms with Gasteiger partial charge in [0.05, 0.1) is 13.7 Å². The van der Waals surface area contributed by atoms with Gasteiger partial charge in [0.25, 0.3) is 0 Å². The fourth-order valence-corrected chi connectivity index (χ4v) is 1.32. The number of rotatable bonds is 6. The van der Waals surface area contributed by atoms with Crippen LogP contribution in [0.2, 0.25) is 0 Å². The van der Waals surface area contributed by atoms with Gasteiger partial charge >= 0.3 is 5.97 Å². The molecule has 0 spiro atoms. The third kappa shape index (κ3) is 3.32. The van der Waals surface area contributed by atoms with Gasteiger partial charge in [-0.05, 0) is 18.8 Å². The van der Waals surface area contributed by atoms with Crippen LogP contribution >= 0.6 is 0 Å². The normalized spacial score (nSPS) is 18.3. The minimum absolute atomic E-state index is 0.125. The molecule has 1 rings (SSSR count). The maximum absolute atomic E-state index is 11.3. The largest absolute Gasteiger partial charge is 0.468 e. The molecular weight excluding hydrogens is 170 g/mol. The van der Waals surface area contributed by atoms with E-state index in [1.54, 1.807) is 7.11 Å². The molecule has 0 aliphatic heterocycles. The summed E-state index contributed by atoms with van der Waals surface area (Å²) in [5.74, 6) is 0.322. The van der Waals surface area contributed by atoms with Crippen molar-refractivity contribution in [2.75, 3.05) is 27.4 Å². The van der Waals surface area contributed by atoms with E-state index in [-0.39, 0.29) is 12.0 Å². The van der Waals surface area contributed by atoms with Crippen molar-refractivity contribution in [1.82, 2.24) is 5.32 Å². The van der Waals surface area contributed by atoms with E-state index in [1.807, 2.05) is 0 Å². The Bertz CT molecular complexity index is 168. The van der Waals surface area contributed by atoms with Crippen molar-refractivity contribution >= 4 is 5.97 Å². The zero-order valence-corrected chi connectivity index (χ0v) is 8.21. The zero-order valence-electron chi connectivity index (χ0n) is 8.21. The summed E-state index contributed by atoms with van der Waals surface area (Å²) in [5, 5.41) is 3.13. The number of carbonyl (C=O) groups is 1. The monoisotopic (exact) mass is 187 g/mol. The van der Waals surface area contributed by atoms with Crippen molar-refractivity contribution in [1.29, 1.82) is 0 Å². The highest BCUT2D eigenvalue weighted by atomic mass is 16.5. The third-order valence-corrected chi connectivity index (χ3v) is 2.22. The minimum atomic E-state index is -0.154. The highest BCUT2D eigenvalue weighted by Crippen LogP contribution is 2.32. The van der Waals surface area contributed by atoms with E-state index in [2.05, 4.69) is 5.32 Å². The summed E-state index contributed by atoms with van der Waals surface area (Å²) in [5.41, 5.74) is 0. The molecule has 4 nitrogen and oxygen atoms in total. The van der Waals surface area contributed by atoms with Gasteiger partial charge in [-0.2, -0.15) is 0 Å². The second kappa shape index (κ2) is 5.19. The lowest BCUT2D eigenvalue weighted by atomic mass is 10.2. The molecule has 0 bridgehead atoms. The van der Waals surface area contributed by atoms with Crippen molar-refractivity contribution < 1.29 is 14.3 Å². The van der Waals surface area contributed by atoms with E-state index in [4.69, 9.17) is 9.47 Å². The average Bonchev–Trinajstić information content (AvgIpc) is 2.95. The summed E-state index contributed by atoms with van der Waals surface area (Å²) >= 11 is 0. The van der Waals surface area contributed by atoms with Crippen LogP contribution in [0.1, 0.15) is 12.8 Å². The molecule has 76 valence electrons. The Morgan fingerprint density at radius 2 is 2.23 bits per heavy atom. The highest BCUT2D eigenvalue weighted by molar-refractivity contribution is 5.76. The van der Waals surface area contributed by atoms with Gasteiger partial charge in [-0.15, -0.1) is 0 Å². The third-order valence-electron chi connectivity index (χ3n) is 2.22. The smallest absolute Gasteiger partial charge is 0.323 e. The summed E-state index contributed by atoms with van der Waals surface area (Å²) in [6.07, 6.45) is 2.25. The first-order valence-electron chi connectivity index (χ1n) is 4.59. The van der Waals surface area contributed by atoms with Gasteiger partial charge in [0.1, 0.15) is 6.04 Å². The summed E-state index contributed by atoms with van der Waals surface area (Å²) < 4.78 is 9.59. The van der Waals surface area contributed by atoms with E-state index in [1.165, 1.54) is 7.11 Å². The summed E-state index contributed by atoms with van der Waals surface area (Å²) in [4.78, 5) is 11.3. The number of ether oxygens (including phenoxy) is 2. The van der Waals surface area contributed by atoms with Gasteiger partial charge in [-0.25, -0.2) is 0 Å². The Morgan fingerprint density at radius 1 is 1.54 bits per heavy atom. The van der Waals surface area contributed by atoms with Crippen LogP contribution in [0.25, 0.3) is 0 Å². The molecule has 13 heavy (non-hydrogen) atoms. The lowest BCUT2D eigenvalue weighted by molar-refractivity contribution is -0.143. The molecular formula is C9H17NO3. The number of nitrogens with one attached hydrogen (secondary N) is 1. The first kappa shape index (κ1) is 10.5. The quantitative estimate of drug-likeness (QED) is 0.476. The number of hydrogen-bond acceptors (Lipinski definition) is 4. The SMILES string of the molecule is COCCNC(C(=O)OC)C1CC1. The molecule has 0 amide bonds. The van der Waals surface area contributed by atoms with Gasteiger partial charge < -0.3 is 14.8 Å². The molecule has 0 heterocycles. The molecule has 1 saturated carbocycles. The van der Waals surface area contributed by atoms with E-state index in [9.17, 15) is 4.79 Å². The molecule has 0 aromatic carbocycles. The van der Waals surface area contributed by atoms with Gasteiger partial charge in [-0.3, -0.25) is 4.79 Å². The van der Waals surface area contributed by atoms with Crippen molar-refractivity contribution in [3.63, 3.8) is 0 Å².